The molecule has 0 aliphatic carbocycles. The van der Waals surface area contributed by atoms with Crippen LogP contribution in [0.2, 0.25) is 0 Å². The molecule has 5 nitrogen and oxygen atoms in total. The monoisotopic (exact) mass is 270 g/mol. The molecular weight excluding hydrogens is 244 g/mol. The van der Waals surface area contributed by atoms with E-state index >= 15 is 0 Å². The van der Waals surface area contributed by atoms with Gasteiger partial charge in [-0.1, -0.05) is 20.3 Å². The van der Waals surface area contributed by atoms with E-state index in [9.17, 15) is 4.79 Å². The molecule has 1 amide bonds. The predicted molar refractivity (Wildman–Crippen MR) is 72.8 cm³/mol. The lowest BCUT2D eigenvalue weighted by Crippen LogP contribution is -2.46. The maximum absolute atomic E-state index is 12.6. The summed E-state index contributed by atoms with van der Waals surface area (Å²) in [6, 6.07) is 0. The Morgan fingerprint density at radius 2 is 2.21 bits per heavy atom. The molecule has 2 fully saturated rings. The number of nitrogens with one attached hydrogen (secondary N) is 1. The van der Waals surface area contributed by atoms with Crippen molar-refractivity contribution in [3.05, 3.63) is 0 Å². The van der Waals surface area contributed by atoms with Gasteiger partial charge in [-0.05, 0) is 19.8 Å². The summed E-state index contributed by atoms with van der Waals surface area (Å²) in [6.45, 7) is 8.70. The smallest absolute Gasteiger partial charge is 0.243 e. The van der Waals surface area contributed by atoms with E-state index in [0.717, 1.165) is 19.3 Å². The second-order valence-electron chi connectivity index (χ2n) is 5.66. The third-order valence-corrected chi connectivity index (χ3v) is 4.15. The quantitative estimate of drug-likeness (QED) is 0.813. The molecular formula is C14H26N2O3. The molecule has 2 rings (SSSR count). The SMILES string of the molecule is CCCC1NC(C)(CC)C(=O)N1CC1COCCO1. The second kappa shape index (κ2) is 6.20. The molecule has 1 N–H and O–H groups in total. The van der Waals surface area contributed by atoms with Gasteiger partial charge in [0.15, 0.2) is 0 Å². The Morgan fingerprint density at radius 1 is 1.42 bits per heavy atom. The molecule has 0 aromatic heterocycles. The van der Waals surface area contributed by atoms with Crippen LogP contribution in [0.4, 0.5) is 0 Å². The fourth-order valence-corrected chi connectivity index (χ4v) is 2.79. The van der Waals surface area contributed by atoms with Gasteiger partial charge in [-0.15, -0.1) is 0 Å². The van der Waals surface area contributed by atoms with Crippen LogP contribution in [0, 0.1) is 0 Å². The lowest BCUT2D eigenvalue weighted by Gasteiger charge is -2.30. The minimum absolute atomic E-state index is 0.0121. The number of nitrogens with zero attached hydrogens (tertiary/aromatic N) is 1. The van der Waals surface area contributed by atoms with Gasteiger partial charge in [0.25, 0.3) is 0 Å². The Balaban J connectivity index is 2.04. The molecule has 2 aliphatic rings. The fraction of sp³-hybridized carbons (Fsp3) is 0.929. The van der Waals surface area contributed by atoms with Gasteiger partial charge in [-0.3, -0.25) is 10.1 Å². The van der Waals surface area contributed by atoms with Crippen LogP contribution < -0.4 is 5.32 Å². The minimum Gasteiger partial charge on any atom is -0.376 e. The van der Waals surface area contributed by atoms with E-state index < -0.39 is 5.54 Å². The van der Waals surface area contributed by atoms with E-state index in [4.69, 9.17) is 9.47 Å². The largest absolute Gasteiger partial charge is 0.376 e. The van der Waals surface area contributed by atoms with Gasteiger partial charge in [0.2, 0.25) is 5.91 Å². The lowest BCUT2D eigenvalue weighted by molar-refractivity contribution is -0.139. The maximum Gasteiger partial charge on any atom is 0.243 e. The topological polar surface area (TPSA) is 50.8 Å². The molecule has 0 bridgehead atoms. The molecule has 0 aromatic carbocycles. The number of carbonyl (C=O) groups is 1. The van der Waals surface area contributed by atoms with E-state index in [-0.39, 0.29) is 18.2 Å². The van der Waals surface area contributed by atoms with Gasteiger partial charge in [0.1, 0.15) is 0 Å². The van der Waals surface area contributed by atoms with Crippen molar-refractivity contribution in [1.29, 1.82) is 0 Å². The van der Waals surface area contributed by atoms with Crippen LogP contribution in [0.1, 0.15) is 40.0 Å². The van der Waals surface area contributed by atoms with Crippen molar-refractivity contribution in [1.82, 2.24) is 10.2 Å². The van der Waals surface area contributed by atoms with Gasteiger partial charge in [-0.25, -0.2) is 0 Å². The van der Waals surface area contributed by atoms with Crippen LogP contribution >= 0.6 is 0 Å². The van der Waals surface area contributed by atoms with Gasteiger partial charge < -0.3 is 14.4 Å². The summed E-state index contributed by atoms with van der Waals surface area (Å²) in [5.74, 6) is 0.197. The summed E-state index contributed by atoms with van der Waals surface area (Å²) >= 11 is 0. The summed E-state index contributed by atoms with van der Waals surface area (Å²) in [5.41, 5.74) is -0.421. The third-order valence-electron chi connectivity index (χ3n) is 4.15. The normalized spacial score (nSPS) is 35.9. The molecule has 0 spiro atoms. The van der Waals surface area contributed by atoms with Gasteiger partial charge >= 0.3 is 0 Å². The number of carbonyl (C=O) groups excluding carboxylic acids is 1. The highest BCUT2D eigenvalue weighted by Crippen LogP contribution is 2.26. The summed E-state index contributed by atoms with van der Waals surface area (Å²) in [5, 5.41) is 3.49. The van der Waals surface area contributed by atoms with Crippen molar-refractivity contribution in [2.24, 2.45) is 0 Å². The summed E-state index contributed by atoms with van der Waals surface area (Å²) in [6.07, 6.45) is 2.99. The van der Waals surface area contributed by atoms with Crippen LogP contribution in [0.15, 0.2) is 0 Å². The van der Waals surface area contributed by atoms with Crippen LogP contribution in [0.25, 0.3) is 0 Å². The Morgan fingerprint density at radius 3 is 2.79 bits per heavy atom. The third kappa shape index (κ3) is 3.09. The molecule has 2 heterocycles. The van der Waals surface area contributed by atoms with Gasteiger partial charge in [-0.2, -0.15) is 0 Å². The fourth-order valence-electron chi connectivity index (χ4n) is 2.79. The van der Waals surface area contributed by atoms with Gasteiger partial charge in [0, 0.05) is 0 Å². The highest BCUT2D eigenvalue weighted by atomic mass is 16.6. The first-order valence-electron chi connectivity index (χ1n) is 7.39. The molecule has 2 aliphatic heterocycles. The van der Waals surface area contributed by atoms with Crippen LogP contribution in [0.5, 0.6) is 0 Å². The lowest BCUT2D eigenvalue weighted by atomic mass is 9.99. The van der Waals surface area contributed by atoms with Crippen LogP contribution in [0.3, 0.4) is 0 Å². The molecule has 19 heavy (non-hydrogen) atoms. The molecule has 3 unspecified atom stereocenters. The molecule has 110 valence electrons. The zero-order valence-electron chi connectivity index (χ0n) is 12.3. The summed E-state index contributed by atoms with van der Waals surface area (Å²) in [7, 11) is 0. The molecule has 0 saturated carbocycles. The Hall–Kier alpha value is -0.650. The Bertz CT molecular complexity index is 318. The van der Waals surface area contributed by atoms with Crippen LogP contribution in [-0.4, -0.2) is 55.0 Å². The molecule has 0 radical (unpaired) electrons. The predicted octanol–water partition coefficient (Wildman–Crippen LogP) is 1.13. The highest BCUT2D eigenvalue weighted by Gasteiger charge is 2.46. The first-order chi connectivity index (χ1) is 9.10. The van der Waals surface area contributed by atoms with E-state index in [1.807, 2.05) is 11.8 Å². The number of rotatable bonds is 5. The molecule has 2 saturated heterocycles. The van der Waals surface area contributed by atoms with Crippen LogP contribution in [-0.2, 0) is 14.3 Å². The van der Waals surface area contributed by atoms with E-state index in [1.165, 1.54) is 0 Å². The first-order valence-corrected chi connectivity index (χ1v) is 7.39. The zero-order valence-corrected chi connectivity index (χ0v) is 12.3. The van der Waals surface area contributed by atoms with Gasteiger partial charge in [0.05, 0.1) is 44.2 Å². The molecule has 3 atom stereocenters. The second-order valence-corrected chi connectivity index (χ2v) is 5.66. The van der Waals surface area contributed by atoms with Crippen molar-refractivity contribution in [3.63, 3.8) is 0 Å². The van der Waals surface area contributed by atoms with E-state index in [1.54, 1.807) is 0 Å². The van der Waals surface area contributed by atoms with Crippen molar-refractivity contribution in [3.8, 4) is 0 Å². The zero-order chi connectivity index (χ0) is 13.9. The number of amides is 1. The Labute approximate surface area is 115 Å². The number of ether oxygens (including phenoxy) is 2. The average Bonchev–Trinajstić information content (AvgIpc) is 2.66. The summed E-state index contributed by atoms with van der Waals surface area (Å²) in [4.78, 5) is 14.5. The van der Waals surface area contributed by atoms with Crippen molar-refractivity contribution in [2.45, 2.75) is 57.8 Å². The standard InChI is InChI=1S/C14H26N2O3/c1-4-6-12-15-14(3,5-2)13(17)16(12)9-11-10-18-7-8-19-11/h11-12,15H,4-10H2,1-3H3. The van der Waals surface area contributed by atoms with E-state index in [2.05, 4.69) is 19.2 Å². The average molecular weight is 270 g/mol. The maximum atomic E-state index is 12.6. The highest BCUT2D eigenvalue weighted by molar-refractivity contribution is 5.88. The van der Waals surface area contributed by atoms with E-state index in [0.29, 0.717) is 26.4 Å². The van der Waals surface area contributed by atoms with Crippen molar-refractivity contribution >= 4 is 5.91 Å². The summed E-state index contributed by atoms with van der Waals surface area (Å²) < 4.78 is 11.1. The Kier molecular flexibility index (Phi) is 4.81. The molecule has 5 heteroatoms. The first kappa shape index (κ1) is 14.8. The van der Waals surface area contributed by atoms with Crippen molar-refractivity contribution in [2.75, 3.05) is 26.4 Å². The minimum atomic E-state index is -0.421. The number of hydrogen-bond donors (Lipinski definition) is 1. The van der Waals surface area contributed by atoms with Crippen molar-refractivity contribution < 1.29 is 14.3 Å². The molecule has 0 aromatic rings. The number of hydrogen-bond acceptors (Lipinski definition) is 4.